The van der Waals surface area contributed by atoms with Crippen molar-refractivity contribution in [2.75, 3.05) is 28.2 Å². The molecule has 3 aliphatic rings. The van der Waals surface area contributed by atoms with Gasteiger partial charge in [0.05, 0.1) is 0 Å². The molecule has 1 saturated heterocycles. The van der Waals surface area contributed by atoms with Crippen molar-refractivity contribution in [1.29, 1.82) is 0 Å². The summed E-state index contributed by atoms with van der Waals surface area (Å²) < 4.78 is 25.9. The van der Waals surface area contributed by atoms with Crippen molar-refractivity contribution in [3.8, 4) is 0 Å². The molecule has 1 fully saturated rings. The number of hydrazone groups is 2. The Bertz CT molecular complexity index is 1300. The third-order valence-electron chi connectivity index (χ3n) is 6.96. The first-order valence-electron chi connectivity index (χ1n) is 11.1. The fraction of sp³-hybridized carbons (Fsp3) is 0.167. The number of amidine groups is 2. The molecule has 0 aliphatic carbocycles. The van der Waals surface area contributed by atoms with Crippen LogP contribution in [0.4, 0.5) is 0 Å². The molecule has 34 heavy (non-hydrogen) atoms. The number of hydrogen-bond acceptors (Lipinski definition) is 6. The predicted molar refractivity (Wildman–Crippen MR) is 139 cm³/mol. The van der Waals surface area contributed by atoms with Crippen LogP contribution in [-0.2, 0) is 4.57 Å². The normalized spacial score (nSPS) is 25.1. The first-order valence-corrected chi connectivity index (χ1v) is 14.7. The van der Waals surface area contributed by atoms with E-state index in [9.17, 15) is 0 Å². The summed E-state index contributed by atoms with van der Waals surface area (Å²) in [5, 5.41) is 10.9. The molecule has 8 nitrogen and oxygen atoms in total. The van der Waals surface area contributed by atoms with E-state index in [0.717, 1.165) is 16.4 Å². The molecule has 3 heterocycles. The second kappa shape index (κ2) is 6.92. The van der Waals surface area contributed by atoms with Crippen LogP contribution < -0.4 is 5.30 Å². The molecule has 0 aromatic heterocycles. The molecular formula is C24H27N7OP2. The van der Waals surface area contributed by atoms with E-state index in [0.29, 0.717) is 11.7 Å². The minimum atomic E-state index is -3.64. The second-order valence-corrected chi connectivity index (χ2v) is 16.3. The van der Waals surface area contributed by atoms with E-state index in [1.54, 1.807) is 0 Å². The van der Waals surface area contributed by atoms with Crippen LogP contribution in [0.15, 0.2) is 101 Å². The molecule has 0 atom stereocenters. The van der Waals surface area contributed by atoms with Gasteiger partial charge >= 0.3 is 200 Å². The third-order valence-corrected chi connectivity index (χ3v) is 18.1. The standard InChI is InChI=1S/C24H27N7OP2/c1-27(2)34-28(3)25-23(20-14-8-5-9-15-20)30(34)33(32,22-18-12-7-13-19-22)31(34)24(26-29(34)4)21-16-10-6-11-17-21/h5-19H,1-4H3. The minimum absolute atomic E-state index is 0.703. The van der Waals surface area contributed by atoms with E-state index in [-0.39, 0.29) is 0 Å². The quantitative estimate of drug-likeness (QED) is 0.504. The summed E-state index contributed by atoms with van der Waals surface area (Å²) in [7, 11) is 1.01. The van der Waals surface area contributed by atoms with Crippen molar-refractivity contribution in [2.24, 2.45) is 10.2 Å². The first kappa shape index (κ1) is 21.4. The molecule has 10 heteroatoms. The van der Waals surface area contributed by atoms with Gasteiger partial charge in [-0.15, -0.1) is 0 Å². The zero-order chi connectivity index (χ0) is 23.7. The van der Waals surface area contributed by atoms with Gasteiger partial charge in [-0.05, 0) is 0 Å². The molecule has 0 saturated carbocycles. The molecular weight excluding hydrogens is 464 g/mol. The predicted octanol–water partition coefficient (Wildman–Crippen LogP) is 4.43. The van der Waals surface area contributed by atoms with E-state index in [1.807, 2.05) is 129 Å². The third kappa shape index (κ3) is 2.11. The van der Waals surface area contributed by atoms with E-state index >= 15 is 4.57 Å². The Labute approximate surface area is 200 Å². The SMILES string of the molecule is CN(C)P123N(C)N=C(c4ccccc4)N1P(=O)(c1ccccc1)N2C(c1ccccc1)=NN3C. The van der Waals surface area contributed by atoms with Gasteiger partial charge in [0.15, 0.2) is 0 Å². The molecule has 0 bridgehead atoms. The summed E-state index contributed by atoms with van der Waals surface area (Å²) in [5.41, 5.74) is 1.85. The van der Waals surface area contributed by atoms with Crippen LogP contribution in [-0.4, -0.2) is 63.0 Å². The van der Waals surface area contributed by atoms with E-state index in [4.69, 9.17) is 10.2 Å². The Hall–Kier alpha value is -3.18. The van der Waals surface area contributed by atoms with Gasteiger partial charge < -0.3 is 0 Å². The molecule has 0 amide bonds. The van der Waals surface area contributed by atoms with Gasteiger partial charge in [-0.25, -0.2) is 0 Å². The van der Waals surface area contributed by atoms with Gasteiger partial charge in [-0.2, -0.15) is 0 Å². The molecule has 174 valence electrons. The number of hydrogen-bond donors (Lipinski definition) is 0. The van der Waals surface area contributed by atoms with Crippen molar-refractivity contribution >= 4 is 31.8 Å². The molecule has 6 rings (SSSR count). The Morgan fingerprint density at radius 1 is 0.676 bits per heavy atom. The van der Waals surface area contributed by atoms with Crippen molar-refractivity contribution < 1.29 is 4.57 Å². The number of benzene rings is 3. The summed E-state index contributed by atoms with van der Waals surface area (Å²) in [5.74, 6) is 1.41. The summed E-state index contributed by atoms with van der Waals surface area (Å²) in [4.78, 5) is 0. The second-order valence-electron chi connectivity index (χ2n) is 8.76. The van der Waals surface area contributed by atoms with Crippen molar-refractivity contribution in [3.63, 3.8) is 0 Å². The molecule has 0 N–H and O–H groups in total. The maximum absolute atomic E-state index is 15.5. The summed E-state index contributed by atoms with van der Waals surface area (Å²) in [6.45, 7) is 0. The van der Waals surface area contributed by atoms with Crippen LogP contribution in [0.3, 0.4) is 0 Å². The zero-order valence-corrected chi connectivity index (χ0v) is 21.4. The average Bonchev–Trinajstić information content (AvgIpc) is 3.27. The summed E-state index contributed by atoms with van der Waals surface area (Å²) >= 11 is 0. The van der Waals surface area contributed by atoms with Crippen LogP contribution >= 0.6 is 14.8 Å². The molecule has 3 aromatic rings. The van der Waals surface area contributed by atoms with Crippen LogP contribution in [0.1, 0.15) is 11.1 Å². The Morgan fingerprint density at radius 2 is 1.06 bits per heavy atom. The van der Waals surface area contributed by atoms with Gasteiger partial charge in [0, 0.05) is 0 Å². The molecule has 1 spiro atoms. The van der Waals surface area contributed by atoms with Gasteiger partial charge in [-0.3, -0.25) is 0 Å². The Balaban J connectivity index is 1.68. The van der Waals surface area contributed by atoms with Crippen LogP contribution in [0, 0.1) is 0 Å². The fourth-order valence-electron chi connectivity index (χ4n) is 5.57. The van der Waals surface area contributed by atoms with E-state index in [2.05, 4.69) is 13.6 Å². The van der Waals surface area contributed by atoms with Gasteiger partial charge in [0.25, 0.3) is 0 Å². The topological polar surface area (TPSA) is 58.0 Å². The molecule has 0 unspecified atom stereocenters. The van der Waals surface area contributed by atoms with Crippen LogP contribution in [0.2, 0.25) is 0 Å². The maximum atomic E-state index is 15.5. The van der Waals surface area contributed by atoms with Gasteiger partial charge in [0.1, 0.15) is 0 Å². The number of nitrogens with zero attached hydrogens (tertiary/aromatic N) is 7. The van der Waals surface area contributed by atoms with Crippen LogP contribution in [0.5, 0.6) is 0 Å². The monoisotopic (exact) mass is 491 g/mol. The summed E-state index contributed by atoms with van der Waals surface area (Å²) in [6, 6.07) is 29.7. The fourth-order valence-corrected chi connectivity index (χ4v) is 19.1. The Morgan fingerprint density at radius 3 is 1.44 bits per heavy atom. The van der Waals surface area contributed by atoms with Gasteiger partial charge in [-0.1, -0.05) is 0 Å². The number of rotatable bonds is 4. The van der Waals surface area contributed by atoms with Crippen LogP contribution in [0.25, 0.3) is 0 Å². The van der Waals surface area contributed by atoms with Gasteiger partial charge in [0.2, 0.25) is 0 Å². The first-order chi connectivity index (χ1) is 16.4. The van der Waals surface area contributed by atoms with Crippen molar-refractivity contribution in [1.82, 2.24) is 23.1 Å². The van der Waals surface area contributed by atoms with Crippen molar-refractivity contribution in [3.05, 3.63) is 102 Å². The molecule has 3 aromatic carbocycles. The van der Waals surface area contributed by atoms with Crippen molar-refractivity contribution in [2.45, 2.75) is 0 Å². The molecule has 0 radical (unpaired) electrons. The Kier molecular flexibility index (Phi) is 4.35. The molecule has 3 aliphatic heterocycles. The zero-order valence-electron chi connectivity index (χ0n) is 19.6. The van der Waals surface area contributed by atoms with E-state index < -0.39 is 14.8 Å². The summed E-state index contributed by atoms with van der Waals surface area (Å²) in [6.07, 6.45) is 0. The van der Waals surface area contributed by atoms with E-state index in [1.165, 1.54) is 0 Å². The average molecular weight is 491 g/mol.